The Bertz CT molecular complexity index is 962. The monoisotopic (exact) mass is 432 g/mol. The molecule has 1 amide bonds. The summed E-state index contributed by atoms with van der Waals surface area (Å²) in [4.78, 5) is 18.2. The highest BCUT2D eigenvalue weighted by molar-refractivity contribution is 6.01. The van der Waals surface area contributed by atoms with Crippen molar-refractivity contribution in [2.45, 2.75) is 70.4 Å². The van der Waals surface area contributed by atoms with E-state index in [2.05, 4.69) is 36.9 Å². The smallest absolute Gasteiger partial charge is 0.234 e. The van der Waals surface area contributed by atoms with E-state index in [0.29, 0.717) is 24.1 Å². The van der Waals surface area contributed by atoms with Gasteiger partial charge in [0, 0.05) is 29.9 Å². The van der Waals surface area contributed by atoms with Crippen LogP contribution in [0.2, 0.25) is 0 Å². The molecular weight excluding hydrogens is 396 g/mol. The molecule has 0 radical (unpaired) electrons. The van der Waals surface area contributed by atoms with Crippen molar-refractivity contribution in [3.05, 3.63) is 65.2 Å². The topological polar surface area (TPSA) is 73.4 Å². The van der Waals surface area contributed by atoms with Crippen LogP contribution in [0.1, 0.15) is 68.6 Å². The summed E-state index contributed by atoms with van der Waals surface area (Å²) in [7, 11) is 0. The fourth-order valence-corrected chi connectivity index (χ4v) is 5.45. The van der Waals surface area contributed by atoms with Crippen LogP contribution >= 0.6 is 0 Å². The number of unbranched alkanes of at least 4 members (excludes halogenated alkanes) is 1. The first kappa shape index (κ1) is 22.5. The Morgan fingerprint density at radius 2 is 1.75 bits per heavy atom. The van der Waals surface area contributed by atoms with Gasteiger partial charge in [0.1, 0.15) is 5.84 Å². The van der Waals surface area contributed by atoms with Crippen molar-refractivity contribution < 1.29 is 4.79 Å². The standard InChI is InChI=1S/C27H36N4O/c1-19-9-7-10-20(2)30(19)15-5-6-16-31-25-14-4-3-11-22(25)18-24(27(31)32)21-12-8-13-23(17-21)26(28)29/h3-4,8,11-14,17,19-20,24H,5-7,9-10,15-16,18H2,1-2H3,(H3,28,29)/t19-,20+,24?. The average molecular weight is 433 g/mol. The SMILES string of the molecule is C[C@@H]1CCC[C@H](C)N1CCCCN1C(=O)C(c2cccc(C(=N)N)c2)Cc2ccccc21. The molecule has 0 saturated carbocycles. The fourth-order valence-electron chi connectivity index (χ4n) is 5.45. The van der Waals surface area contributed by atoms with Crippen LogP contribution in [0.4, 0.5) is 5.69 Å². The molecule has 2 aromatic rings. The Balaban J connectivity index is 1.47. The molecule has 3 N–H and O–H groups in total. The van der Waals surface area contributed by atoms with Crippen LogP contribution in [0.3, 0.4) is 0 Å². The van der Waals surface area contributed by atoms with Gasteiger partial charge >= 0.3 is 0 Å². The second-order valence-corrected chi connectivity index (χ2v) is 9.49. The lowest BCUT2D eigenvalue weighted by Gasteiger charge is -2.39. The normalized spacial score (nSPS) is 23.8. The zero-order valence-corrected chi connectivity index (χ0v) is 19.4. The predicted octanol–water partition coefficient (Wildman–Crippen LogP) is 4.69. The lowest BCUT2D eigenvalue weighted by atomic mass is 9.85. The number of benzene rings is 2. The molecule has 2 aliphatic heterocycles. The number of para-hydroxylation sites is 1. The van der Waals surface area contributed by atoms with E-state index in [-0.39, 0.29) is 17.7 Å². The van der Waals surface area contributed by atoms with E-state index in [9.17, 15) is 4.79 Å². The zero-order valence-electron chi connectivity index (χ0n) is 19.4. The maximum atomic E-state index is 13.6. The van der Waals surface area contributed by atoms with Gasteiger partial charge in [-0.05, 0) is 75.8 Å². The number of hydrogen-bond acceptors (Lipinski definition) is 3. The van der Waals surface area contributed by atoms with Gasteiger partial charge in [0.2, 0.25) is 5.91 Å². The van der Waals surface area contributed by atoms with Gasteiger partial charge in [-0.3, -0.25) is 15.1 Å². The molecule has 1 saturated heterocycles. The number of nitrogens with zero attached hydrogens (tertiary/aromatic N) is 2. The number of nitrogens with two attached hydrogens (primary N) is 1. The van der Waals surface area contributed by atoms with Crippen LogP contribution in [-0.4, -0.2) is 41.8 Å². The number of nitrogens with one attached hydrogen (secondary N) is 1. The maximum absolute atomic E-state index is 13.6. The lowest BCUT2D eigenvalue weighted by Crippen LogP contribution is -2.44. The van der Waals surface area contributed by atoms with E-state index in [1.807, 2.05) is 35.2 Å². The minimum atomic E-state index is -0.230. The molecular formula is C27H36N4O. The first-order valence-electron chi connectivity index (χ1n) is 12.0. The van der Waals surface area contributed by atoms with E-state index in [0.717, 1.165) is 37.2 Å². The Labute approximate surface area is 192 Å². The molecule has 2 aliphatic rings. The number of piperidine rings is 1. The number of likely N-dealkylation sites (tertiary alicyclic amines) is 1. The number of rotatable bonds is 7. The molecule has 1 fully saturated rings. The summed E-state index contributed by atoms with van der Waals surface area (Å²) in [6.07, 6.45) is 6.72. The molecule has 0 spiro atoms. The number of hydrogen-bond donors (Lipinski definition) is 2. The van der Waals surface area contributed by atoms with E-state index in [4.69, 9.17) is 11.1 Å². The molecule has 5 heteroatoms. The van der Waals surface area contributed by atoms with E-state index < -0.39 is 0 Å². The quantitative estimate of drug-likeness (QED) is 0.379. The van der Waals surface area contributed by atoms with Crippen LogP contribution in [-0.2, 0) is 11.2 Å². The van der Waals surface area contributed by atoms with Gasteiger partial charge < -0.3 is 10.6 Å². The third kappa shape index (κ3) is 4.73. The summed E-state index contributed by atoms with van der Waals surface area (Å²) >= 11 is 0. The number of carbonyl (C=O) groups excluding carboxylic acids is 1. The highest BCUT2D eigenvalue weighted by Crippen LogP contribution is 2.36. The average Bonchev–Trinajstić information content (AvgIpc) is 2.79. The molecule has 1 unspecified atom stereocenters. The van der Waals surface area contributed by atoms with Gasteiger partial charge in [0.05, 0.1) is 5.92 Å². The second-order valence-electron chi connectivity index (χ2n) is 9.49. The number of carbonyl (C=O) groups is 1. The van der Waals surface area contributed by atoms with Crippen LogP contribution in [0.5, 0.6) is 0 Å². The first-order valence-corrected chi connectivity index (χ1v) is 12.0. The minimum absolute atomic E-state index is 0.0357. The molecule has 32 heavy (non-hydrogen) atoms. The maximum Gasteiger partial charge on any atom is 0.234 e. The Hall–Kier alpha value is -2.66. The molecule has 0 aromatic heterocycles. The summed E-state index contributed by atoms with van der Waals surface area (Å²) in [5.74, 6) is -0.0380. The van der Waals surface area contributed by atoms with Crippen molar-refractivity contribution in [2.75, 3.05) is 18.0 Å². The van der Waals surface area contributed by atoms with Gasteiger partial charge in [-0.2, -0.15) is 0 Å². The Morgan fingerprint density at radius 1 is 1.03 bits per heavy atom. The fraction of sp³-hybridized carbons (Fsp3) is 0.481. The molecule has 170 valence electrons. The number of amides is 1. The van der Waals surface area contributed by atoms with Gasteiger partial charge in [0.25, 0.3) is 0 Å². The van der Waals surface area contributed by atoms with Crippen LogP contribution in [0.15, 0.2) is 48.5 Å². The van der Waals surface area contributed by atoms with Gasteiger partial charge in [0.15, 0.2) is 0 Å². The number of anilines is 1. The van der Waals surface area contributed by atoms with Gasteiger partial charge in [-0.15, -0.1) is 0 Å². The summed E-state index contributed by atoms with van der Waals surface area (Å²) in [5.41, 5.74) is 9.57. The highest BCUT2D eigenvalue weighted by atomic mass is 16.2. The van der Waals surface area contributed by atoms with Crippen molar-refractivity contribution in [3.63, 3.8) is 0 Å². The van der Waals surface area contributed by atoms with Crippen LogP contribution in [0.25, 0.3) is 0 Å². The third-order valence-corrected chi connectivity index (χ3v) is 7.29. The molecule has 2 heterocycles. The Kier molecular flexibility index (Phi) is 6.95. The Morgan fingerprint density at radius 3 is 2.50 bits per heavy atom. The second kappa shape index (κ2) is 9.86. The molecule has 3 atom stereocenters. The van der Waals surface area contributed by atoms with E-state index in [1.165, 1.54) is 24.8 Å². The highest BCUT2D eigenvalue weighted by Gasteiger charge is 2.33. The summed E-state index contributed by atoms with van der Waals surface area (Å²) < 4.78 is 0. The van der Waals surface area contributed by atoms with Crippen molar-refractivity contribution in [3.8, 4) is 0 Å². The van der Waals surface area contributed by atoms with Crippen molar-refractivity contribution in [1.29, 1.82) is 5.41 Å². The molecule has 0 bridgehead atoms. The van der Waals surface area contributed by atoms with E-state index >= 15 is 0 Å². The largest absolute Gasteiger partial charge is 0.384 e. The van der Waals surface area contributed by atoms with Crippen molar-refractivity contribution in [2.24, 2.45) is 5.73 Å². The molecule has 4 rings (SSSR count). The predicted molar refractivity (Wildman–Crippen MR) is 131 cm³/mol. The van der Waals surface area contributed by atoms with Gasteiger partial charge in [-0.25, -0.2) is 0 Å². The number of fused-ring (bicyclic) bond motifs is 1. The number of nitrogen functional groups attached to an aromatic ring is 1. The van der Waals surface area contributed by atoms with E-state index in [1.54, 1.807) is 0 Å². The van der Waals surface area contributed by atoms with Crippen LogP contribution < -0.4 is 10.6 Å². The summed E-state index contributed by atoms with van der Waals surface area (Å²) in [6.45, 7) is 6.55. The first-order chi connectivity index (χ1) is 15.5. The third-order valence-electron chi connectivity index (χ3n) is 7.29. The van der Waals surface area contributed by atoms with Crippen molar-refractivity contribution in [1.82, 2.24) is 4.90 Å². The van der Waals surface area contributed by atoms with Gasteiger partial charge in [-0.1, -0.05) is 42.8 Å². The molecule has 0 aliphatic carbocycles. The summed E-state index contributed by atoms with van der Waals surface area (Å²) in [5, 5.41) is 7.76. The number of amidine groups is 1. The van der Waals surface area contributed by atoms with Crippen LogP contribution in [0, 0.1) is 5.41 Å². The lowest BCUT2D eigenvalue weighted by molar-refractivity contribution is -0.120. The minimum Gasteiger partial charge on any atom is -0.384 e. The van der Waals surface area contributed by atoms with Crippen molar-refractivity contribution >= 4 is 17.4 Å². The summed E-state index contributed by atoms with van der Waals surface area (Å²) in [6, 6.07) is 17.2. The molecule has 2 aromatic carbocycles. The zero-order chi connectivity index (χ0) is 22.7. The molecule has 5 nitrogen and oxygen atoms in total.